The lowest BCUT2D eigenvalue weighted by Crippen LogP contribution is -2.09. The Morgan fingerprint density at radius 1 is 1.31 bits per heavy atom. The van der Waals surface area contributed by atoms with Gasteiger partial charge in [-0.15, -0.1) is 0 Å². The molecule has 0 aromatic heterocycles. The van der Waals surface area contributed by atoms with Crippen LogP contribution in [0.25, 0.3) is 0 Å². The van der Waals surface area contributed by atoms with Crippen molar-refractivity contribution >= 4 is 7.82 Å². The molecule has 0 spiro atoms. The standard InChI is InChI=1S/C10H15O5P/c1-9(11)7-14-16(12,13)15-8-10-5-3-2-4-6-10/h2-6,9,11H,7-8H2,1H3,(H,12,13). The van der Waals surface area contributed by atoms with Crippen molar-refractivity contribution in [2.45, 2.75) is 19.6 Å². The molecular weight excluding hydrogens is 231 g/mol. The Morgan fingerprint density at radius 2 is 1.94 bits per heavy atom. The highest BCUT2D eigenvalue weighted by Gasteiger charge is 2.21. The van der Waals surface area contributed by atoms with E-state index in [1.165, 1.54) is 6.92 Å². The highest BCUT2D eigenvalue weighted by Crippen LogP contribution is 2.44. The Labute approximate surface area is 94.3 Å². The van der Waals surface area contributed by atoms with Crippen molar-refractivity contribution in [1.82, 2.24) is 0 Å². The molecule has 0 aliphatic carbocycles. The minimum Gasteiger partial charge on any atom is -0.391 e. The molecule has 1 aromatic carbocycles. The lowest BCUT2D eigenvalue weighted by molar-refractivity contribution is 0.0805. The molecule has 0 saturated carbocycles. The first-order chi connectivity index (χ1) is 7.49. The molecule has 0 bridgehead atoms. The van der Waals surface area contributed by atoms with E-state index in [0.29, 0.717) is 0 Å². The average Bonchev–Trinajstić information content (AvgIpc) is 2.26. The van der Waals surface area contributed by atoms with Crippen molar-refractivity contribution in [2.75, 3.05) is 6.61 Å². The van der Waals surface area contributed by atoms with Gasteiger partial charge in [0.1, 0.15) is 0 Å². The fourth-order valence-corrected chi connectivity index (χ4v) is 1.76. The molecule has 2 atom stereocenters. The van der Waals surface area contributed by atoms with Crippen LogP contribution in [0.1, 0.15) is 12.5 Å². The Bertz CT molecular complexity index is 351. The van der Waals surface area contributed by atoms with Gasteiger partial charge in [0.15, 0.2) is 0 Å². The van der Waals surface area contributed by atoms with Crippen LogP contribution in [-0.2, 0) is 20.2 Å². The van der Waals surface area contributed by atoms with E-state index in [2.05, 4.69) is 4.52 Å². The van der Waals surface area contributed by atoms with Crippen molar-refractivity contribution in [3.05, 3.63) is 35.9 Å². The summed E-state index contributed by atoms with van der Waals surface area (Å²) < 4.78 is 20.6. The summed E-state index contributed by atoms with van der Waals surface area (Å²) in [5, 5.41) is 8.89. The maximum Gasteiger partial charge on any atom is 0.472 e. The summed E-state index contributed by atoms with van der Waals surface area (Å²) in [6.45, 7) is 1.22. The molecular formula is C10H15O5P. The molecule has 0 aliphatic heterocycles. The molecule has 16 heavy (non-hydrogen) atoms. The Balaban J connectivity index is 2.39. The van der Waals surface area contributed by atoms with Gasteiger partial charge >= 0.3 is 7.82 Å². The SMILES string of the molecule is CC(O)COP(=O)(O)OCc1ccccc1. The van der Waals surface area contributed by atoms with Crippen molar-refractivity contribution in [1.29, 1.82) is 0 Å². The van der Waals surface area contributed by atoms with Crippen molar-refractivity contribution in [3.63, 3.8) is 0 Å². The van der Waals surface area contributed by atoms with Crippen LogP contribution in [0.5, 0.6) is 0 Å². The third-order valence-electron chi connectivity index (χ3n) is 1.72. The second-order valence-corrected chi connectivity index (χ2v) is 4.83. The normalized spacial score (nSPS) is 16.7. The summed E-state index contributed by atoms with van der Waals surface area (Å²) in [6, 6.07) is 8.99. The molecule has 0 radical (unpaired) electrons. The number of rotatable bonds is 6. The number of phosphoric acid groups is 1. The predicted molar refractivity (Wildman–Crippen MR) is 58.7 cm³/mol. The van der Waals surface area contributed by atoms with Crippen LogP contribution >= 0.6 is 7.82 Å². The van der Waals surface area contributed by atoms with E-state index in [9.17, 15) is 9.46 Å². The van der Waals surface area contributed by atoms with Crippen LogP contribution in [0, 0.1) is 0 Å². The monoisotopic (exact) mass is 246 g/mol. The zero-order valence-electron chi connectivity index (χ0n) is 8.94. The molecule has 1 rings (SSSR count). The van der Waals surface area contributed by atoms with Crippen LogP contribution in [-0.4, -0.2) is 22.7 Å². The van der Waals surface area contributed by atoms with Crippen molar-refractivity contribution in [2.24, 2.45) is 0 Å². The largest absolute Gasteiger partial charge is 0.472 e. The summed E-state index contributed by atoms with van der Waals surface area (Å²) >= 11 is 0. The minimum absolute atomic E-state index is 0.00553. The number of benzene rings is 1. The van der Waals surface area contributed by atoms with Gasteiger partial charge in [0.25, 0.3) is 0 Å². The van der Waals surface area contributed by atoms with Crippen molar-refractivity contribution < 1.29 is 23.6 Å². The number of hydrogen-bond donors (Lipinski definition) is 2. The highest BCUT2D eigenvalue weighted by molar-refractivity contribution is 7.47. The zero-order chi connectivity index (χ0) is 12.0. The van der Waals surface area contributed by atoms with Gasteiger partial charge in [0, 0.05) is 0 Å². The molecule has 0 saturated heterocycles. The van der Waals surface area contributed by atoms with E-state index in [4.69, 9.17) is 9.63 Å². The second kappa shape index (κ2) is 6.13. The van der Waals surface area contributed by atoms with Gasteiger partial charge in [-0.25, -0.2) is 4.57 Å². The van der Waals surface area contributed by atoms with Crippen LogP contribution in [0.2, 0.25) is 0 Å². The predicted octanol–water partition coefficient (Wildman–Crippen LogP) is 1.70. The lowest BCUT2D eigenvalue weighted by Gasteiger charge is -2.13. The Morgan fingerprint density at radius 3 is 2.50 bits per heavy atom. The molecule has 0 aliphatic rings. The van der Waals surface area contributed by atoms with Gasteiger partial charge in [-0.2, -0.15) is 0 Å². The summed E-state index contributed by atoms with van der Waals surface area (Å²) in [4.78, 5) is 9.22. The van der Waals surface area contributed by atoms with Crippen LogP contribution in [0.15, 0.2) is 30.3 Å². The summed E-state index contributed by atoms with van der Waals surface area (Å²) in [5.41, 5.74) is 0.775. The van der Waals surface area contributed by atoms with E-state index in [1.807, 2.05) is 6.07 Å². The highest BCUT2D eigenvalue weighted by atomic mass is 31.2. The second-order valence-electron chi connectivity index (χ2n) is 3.37. The molecule has 5 nitrogen and oxygen atoms in total. The smallest absolute Gasteiger partial charge is 0.391 e. The zero-order valence-corrected chi connectivity index (χ0v) is 9.84. The number of aliphatic hydroxyl groups is 1. The summed E-state index contributed by atoms with van der Waals surface area (Å²) in [7, 11) is -4.07. The quantitative estimate of drug-likeness (QED) is 0.747. The van der Waals surface area contributed by atoms with E-state index >= 15 is 0 Å². The third-order valence-corrected chi connectivity index (χ3v) is 2.65. The minimum atomic E-state index is -4.07. The molecule has 1 aromatic rings. The molecule has 0 heterocycles. The first-order valence-corrected chi connectivity index (χ1v) is 6.33. The molecule has 2 unspecified atom stereocenters. The van der Waals surface area contributed by atoms with E-state index in [-0.39, 0.29) is 13.2 Å². The van der Waals surface area contributed by atoms with Gasteiger partial charge in [-0.1, -0.05) is 30.3 Å². The number of hydrogen-bond acceptors (Lipinski definition) is 4. The van der Waals surface area contributed by atoms with Gasteiger partial charge in [0.2, 0.25) is 0 Å². The van der Waals surface area contributed by atoms with E-state index < -0.39 is 13.9 Å². The molecule has 6 heteroatoms. The Hall–Kier alpha value is -0.710. The lowest BCUT2D eigenvalue weighted by atomic mass is 10.2. The van der Waals surface area contributed by atoms with E-state index in [1.54, 1.807) is 24.3 Å². The number of aliphatic hydroxyl groups excluding tert-OH is 1. The molecule has 0 amide bonds. The van der Waals surface area contributed by atoms with E-state index in [0.717, 1.165) is 5.56 Å². The molecule has 0 fully saturated rings. The van der Waals surface area contributed by atoms with Gasteiger partial charge < -0.3 is 10.00 Å². The van der Waals surface area contributed by atoms with Gasteiger partial charge in [-0.3, -0.25) is 9.05 Å². The van der Waals surface area contributed by atoms with Gasteiger partial charge in [-0.05, 0) is 12.5 Å². The van der Waals surface area contributed by atoms with Gasteiger partial charge in [0.05, 0.1) is 19.3 Å². The third kappa shape index (κ3) is 5.39. The van der Waals surface area contributed by atoms with Crippen LogP contribution in [0.3, 0.4) is 0 Å². The maximum atomic E-state index is 11.3. The summed E-state index contributed by atoms with van der Waals surface area (Å²) in [6.07, 6.45) is -0.805. The topological polar surface area (TPSA) is 76.0 Å². The Kier molecular flexibility index (Phi) is 5.12. The number of phosphoric ester groups is 1. The van der Waals surface area contributed by atoms with Crippen LogP contribution in [0.4, 0.5) is 0 Å². The molecule has 2 N–H and O–H groups in total. The fraction of sp³-hybridized carbons (Fsp3) is 0.400. The van der Waals surface area contributed by atoms with Crippen molar-refractivity contribution in [3.8, 4) is 0 Å². The summed E-state index contributed by atoms with van der Waals surface area (Å²) in [5.74, 6) is 0. The first-order valence-electron chi connectivity index (χ1n) is 4.83. The molecule has 90 valence electrons. The maximum absolute atomic E-state index is 11.3. The van der Waals surface area contributed by atoms with Crippen LogP contribution < -0.4 is 0 Å². The average molecular weight is 246 g/mol. The first kappa shape index (κ1) is 13.4. The fourth-order valence-electron chi connectivity index (χ4n) is 0.970.